The first-order valence-electron chi connectivity index (χ1n) is 12.6. The first-order valence-corrected chi connectivity index (χ1v) is 12.6. The van der Waals surface area contributed by atoms with E-state index in [2.05, 4.69) is 61.7 Å². The van der Waals surface area contributed by atoms with Crippen molar-refractivity contribution in [3.8, 4) is 0 Å². The molecule has 3 rings (SSSR count). The van der Waals surface area contributed by atoms with Gasteiger partial charge in [-0.25, -0.2) is 4.99 Å². The van der Waals surface area contributed by atoms with Gasteiger partial charge in [0.25, 0.3) is 0 Å². The molecule has 0 heterocycles. The van der Waals surface area contributed by atoms with Crippen molar-refractivity contribution in [2.24, 2.45) is 4.99 Å². The molecule has 0 amide bonds. The molecule has 2 aromatic carbocycles. The van der Waals surface area contributed by atoms with Gasteiger partial charge in [-0.2, -0.15) is 0 Å². The fourth-order valence-corrected chi connectivity index (χ4v) is 4.52. The number of ketones is 1. The Bertz CT molecular complexity index is 1150. The summed E-state index contributed by atoms with van der Waals surface area (Å²) in [4.78, 5) is 21.8. The minimum absolute atomic E-state index is 0.107. The average molecular weight is 491 g/mol. The number of anilines is 3. The topological polar surface area (TPSA) is 88.4 Å². The van der Waals surface area contributed by atoms with Crippen molar-refractivity contribution in [3.05, 3.63) is 71.6 Å². The molecule has 0 aromatic heterocycles. The molecule has 7 heteroatoms. The van der Waals surface area contributed by atoms with Crippen LogP contribution < -0.4 is 15.1 Å². The summed E-state index contributed by atoms with van der Waals surface area (Å²) in [7, 11) is 0. The Labute approximate surface area is 214 Å². The van der Waals surface area contributed by atoms with Gasteiger partial charge < -0.3 is 25.3 Å². The molecule has 36 heavy (non-hydrogen) atoms. The van der Waals surface area contributed by atoms with Crippen molar-refractivity contribution in [1.29, 1.82) is 0 Å². The number of aliphatic hydroxyl groups is 2. The van der Waals surface area contributed by atoms with E-state index in [9.17, 15) is 15.0 Å². The highest BCUT2D eigenvalue weighted by Gasteiger charge is 2.27. The van der Waals surface area contributed by atoms with E-state index < -0.39 is 12.4 Å². The van der Waals surface area contributed by atoms with Crippen LogP contribution in [0.1, 0.15) is 41.5 Å². The van der Waals surface area contributed by atoms with Crippen LogP contribution in [0.15, 0.2) is 76.6 Å². The molecule has 0 saturated carbocycles. The molecule has 0 radical (unpaired) electrons. The lowest BCUT2D eigenvalue weighted by Crippen LogP contribution is -2.30. The van der Waals surface area contributed by atoms with Crippen molar-refractivity contribution >= 4 is 34.2 Å². The number of aliphatic imine (C=N–C) groups is 1. The summed E-state index contributed by atoms with van der Waals surface area (Å²) in [6.07, 6.45) is 1.14. The Morgan fingerprint density at radius 3 is 1.81 bits per heavy atom. The quantitative estimate of drug-likeness (QED) is 0.375. The van der Waals surface area contributed by atoms with Crippen molar-refractivity contribution in [3.63, 3.8) is 0 Å². The molecule has 0 unspecified atom stereocenters. The standard InChI is InChI=1S/C29H38N4O3/c1-7-32(19(3)4)23-13-9-21(10-14-23)30-28-25(18-34)29(27(36)17-26(28)35)31-22-11-15-24(16-12-22)33(8-2)20(5)6/h9-17,19-20,30,34-35H,7-8,18H2,1-6H3. The number of rotatable bonds is 10. The first kappa shape index (κ1) is 27.0. The summed E-state index contributed by atoms with van der Waals surface area (Å²) in [5.41, 5.74) is 4.13. The van der Waals surface area contributed by atoms with Gasteiger partial charge in [0.05, 0.1) is 18.0 Å². The maximum atomic E-state index is 12.7. The van der Waals surface area contributed by atoms with Gasteiger partial charge in [0.1, 0.15) is 11.5 Å². The lowest BCUT2D eigenvalue weighted by Gasteiger charge is -2.28. The third-order valence-corrected chi connectivity index (χ3v) is 6.32. The molecule has 0 spiro atoms. The van der Waals surface area contributed by atoms with Crippen LogP contribution in [0.2, 0.25) is 0 Å². The third-order valence-electron chi connectivity index (χ3n) is 6.32. The van der Waals surface area contributed by atoms with Crippen LogP contribution in [-0.2, 0) is 4.79 Å². The molecule has 192 valence electrons. The van der Waals surface area contributed by atoms with Crippen LogP contribution in [0.4, 0.5) is 22.7 Å². The zero-order chi connectivity index (χ0) is 26.4. The molecular weight excluding hydrogens is 452 g/mol. The Balaban J connectivity index is 1.92. The Morgan fingerprint density at radius 2 is 1.36 bits per heavy atom. The van der Waals surface area contributed by atoms with Crippen molar-refractivity contribution in [2.45, 2.75) is 53.6 Å². The van der Waals surface area contributed by atoms with E-state index in [1.54, 1.807) is 0 Å². The number of hydrogen-bond acceptors (Lipinski definition) is 7. The SMILES string of the molecule is CCN(c1ccc(N=C2C(=O)C=C(O)C(Nc3ccc(N(CC)C(C)C)cc3)=C2CO)cc1)C(C)C. The summed E-state index contributed by atoms with van der Waals surface area (Å²) in [6.45, 7) is 14.1. The molecule has 0 bridgehead atoms. The molecule has 0 saturated heterocycles. The van der Waals surface area contributed by atoms with Crippen LogP contribution in [0, 0.1) is 0 Å². The lowest BCUT2D eigenvalue weighted by molar-refractivity contribution is -0.109. The third kappa shape index (κ3) is 5.97. The number of benzene rings is 2. The molecule has 7 nitrogen and oxygen atoms in total. The van der Waals surface area contributed by atoms with E-state index in [-0.39, 0.29) is 22.7 Å². The summed E-state index contributed by atoms with van der Waals surface area (Å²) in [5, 5.41) is 23.9. The fraction of sp³-hybridized carbons (Fsp3) is 0.379. The van der Waals surface area contributed by atoms with Crippen LogP contribution in [0.3, 0.4) is 0 Å². The zero-order valence-electron chi connectivity index (χ0n) is 22.1. The highest BCUT2D eigenvalue weighted by Crippen LogP contribution is 2.28. The van der Waals surface area contributed by atoms with Gasteiger partial charge in [-0.15, -0.1) is 0 Å². The highest BCUT2D eigenvalue weighted by molar-refractivity contribution is 6.51. The van der Waals surface area contributed by atoms with Gasteiger partial charge in [-0.3, -0.25) is 4.79 Å². The predicted octanol–water partition coefficient (Wildman–Crippen LogP) is 5.61. The number of allylic oxidation sites excluding steroid dienone is 1. The molecule has 2 aromatic rings. The molecule has 3 N–H and O–H groups in total. The van der Waals surface area contributed by atoms with E-state index in [0.29, 0.717) is 17.8 Å². The Morgan fingerprint density at radius 1 is 0.861 bits per heavy atom. The normalized spacial score (nSPS) is 15.1. The van der Waals surface area contributed by atoms with Gasteiger partial charge >= 0.3 is 0 Å². The second-order valence-corrected chi connectivity index (χ2v) is 9.31. The summed E-state index contributed by atoms with van der Waals surface area (Å²) < 4.78 is 0. The highest BCUT2D eigenvalue weighted by atomic mass is 16.3. The van der Waals surface area contributed by atoms with Gasteiger partial charge in [-0.1, -0.05) is 0 Å². The number of hydrogen-bond donors (Lipinski definition) is 3. The number of carbonyl (C=O) groups excluding carboxylic acids is 1. The Kier molecular flexibility index (Phi) is 8.93. The second kappa shape index (κ2) is 11.9. The minimum atomic E-state index is -0.450. The van der Waals surface area contributed by atoms with Gasteiger partial charge in [-0.05, 0) is 90.1 Å². The number of carbonyl (C=O) groups is 1. The van der Waals surface area contributed by atoms with E-state index in [1.807, 2.05) is 48.5 Å². The van der Waals surface area contributed by atoms with Crippen molar-refractivity contribution < 1.29 is 15.0 Å². The van der Waals surface area contributed by atoms with E-state index in [1.165, 1.54) is 0 Å². The molecule has 0 atom stereocenters. The zero-order valence-corrected chi connectivity index (χ0v) is 22.1. The largest absolute Gasteiger partial charge is 0.506 e. The number of nitrogens with zero attached hydrogens (tertiary/aromatic N) is 3. The maximum absolute atomic E-state index is 12.7. The van der Waals surface area contributed by atoms with E-state index >= 15 is 0 Å². The van der Waals surface area contributed by atoms with Gasteiger partial charge in [0.15, 0.2) is 0 Å². The lowest BCUT2D eigenvalue weighted by atomic mass is 9.97. The van der Waals surface area contributed by atoms with E-state index in [4.69, 9.17) is 0 Å². The number of nitrogens with one attached hydrogen (secondary N) is 1. The maximum Gasteiger partial charge on any atom is 0.208 e. The fourth-order valence-electron chi connectivity index (χ4n) is 4.52. The van der Waals surface area contributed by atoms with Gasteiger partial charge in [0, 0.05) is 53.9 Å². The molecule has 1 aliphatic rings. The van der Waals surface area contributed by atoms with Crippen LogP contribution in [-0.4, -0.2) is 53.5 Å². The summed E-state index contributed by atoms with van der Waals surface area (Å²) in [5.74, 6) is -0.676. The molecule has 0 aliphatic heterocycles. The predicted molar refractivity (Wildman–Crippen MR) is 150 cm³/mol. The van der Waals surface area contributed by atoms with Crippen LogP contribution in [0.25, 0.3) is 0 Å². The number of aliphatic hydroxyl groups excluding tert-OH is 2. The summed E-state index contributed by atoms with van der Waals surface area (Å²) >= 11 is 0. The smallest absolute Gasteiger partial charge is 0.208 e. The molecule has 1 aliphatic carbocycles. The monoisotopic (exact) mass is 490 g/mol. The first-order chi connectivity index (χ1) is 17.2. The molecule has 0 fully saturated rings. The Hall–Kier alpha value is -3.58. The molecular formula is C29H38N4O3. The van der Waals surface area contributed by atoms with Crippen molar-refractivity contribution in [2.75, 3.05) is 34.8 Å². The second-order valence-electron chi connectivity index (χ2n) is 9.31. The minimum Gasteiger partial charge on any atom is -0.506 e. The summed E-state index contributed by atoms with van der Waals surface area (Å²) in [6, 6.07) is 16.2. The van der Waals surface area contributed by atoms with Crippen molar-refractivity contribution in [1.82, 2.24) is 0 Å². The van der Waals surface area contributed by atoms with E-state index in [0.717, 1.165) is 36.2 Å². The van der Waals surface area contributed by atoms with Crippen LogP contribution >= 0.6 is 0 Å². The van der Waals surface area contributed by atoms with Crippen LogP contribution in [0.5, 0.6) is 0 Å². The average Bonchev–Trinajstić information content (AvgIpc) is 2.84. The van der Waals surface area contributed by atoms with Gasteiger partial charge in [0.2, 0.25) is 5.78 Å².